The average molecular weight is 145 g/mol. The van der Waals surface area contributed by atoms with Crippen molar-refractivity contribution >= 4 is 11.8 Å². The van der Waals surface area contributed by atoms with E-state index in [1.165, 1.54) is 14.0 Å². The highest BCUT2D eigenvalue weighted by Gasteiger charge is 2.02. The lowest BCUT2D eigenvalue weighted by atomic mass is 10.4. The molecule has 3 N–H and O–H groups in total. The summed E-state index contributed by atoms with van der Waals surface area (Å²) in [6.07, 6.45) is 0. The summed E-state index contributed by atoms with van der Waals surface area (Å²) >= 11 is 0. The third-order valence-corrected chi connectivity index (χ3v) is 0.809. The molecular formula is C5H11N3O2. The summed E-state index contributed by atoms with van der Waals surface area (Å²) in [6, 6.07) is -0.463. The highest BCUT2D eigenvalue weighted by atomic mass is 16.2. The van der Waals surface area contributed by atoms with Crippen molar-refractivity contribution in [1.29, 1.82) is 0 Å². The smallest absolute Gasteiger partial charge is 0.330 e. The van der Waals surface area contributed by atoms with E-state index in [1.807, 2.05) is 0 Å². The lowest BCUT2D eigenvalue weighted by Crippen LogP contribution is -2.43. The minimum absolute atomic E-state index is 0.0281. The van der Waals surface area contributed by atoms with Gasteiger partial charge in [-0.2, -0.15) is 0 Å². The first-order chi connectivity index (χ1) is 4.54. The zero-order valence-electron chi connectivity index (χ0n) is 6.05. The quantitative estimate of drug-likeness (QED) is 0.300. The number of hydrogen-bond donors (Lipinski definition) is 2. The topological polar surface area (TPSA) is 75.4 Å². The van der Waals surface area contributed by atoms with Crippen LogP contribution in [0.3, 0.4) is 0 Å². The summed E-state index contributed by atoms with van der Waals surface area (Å²) in [5.41, 5.74) is 0. The molecule has 58 valence electrons. The van der Waals surface area contributed by atoms with Crippen LogP contribution in [0.15, 0.2) is 0 Å². The monoisotopic (exact) mass is 145 g/mol. The number of urea groups is 1. The molecule has 2 amide bonds. The van der Waals surface area contributed by atoms with Crippen LogP contribution in [0.4, 0.5) is 4.79 Å². The molecule has 0 radical (unpaired) electrons. The van der Waals surface area contributed by atoms with Gasteiger partial charge in [-0.05, 0) is 6.92 Å². The molecule has 0 bridgehead atoms. The van der Waals surface area contributed by atoms with Gasteiger partial charge in [-0.3, -0.25) is 9.80 Å². The van der Waals surface area contributed by atoms with E-state index in [4.69, 9.17) is 5.84 Å². The molecule has 0 aliphatic heterocycles. The molecule has 0 spiro atoms. The van der Waals surface area contributed by atoms with Crippen LogP contribution in [0.25, 0.3) is 0 Å². The molecular weight excluding hydrogens is 134 g/mol. The molecule has 0 atom stereocenters. The van der Waals surface area contributed by atoms with Crippen LogP contribution < -0.4 is 11.2 Å². The Kier molecular flexibility index (Phi) is 3.42. The highest BCUT2D eigenvalue weighted by Crippen LogP contribution is 1.72. The van der Waals surface area contributed by atoms with E-state index >= 15 is 0 Å². The molecule has 0 unspecified atom stereocenters. The second-order valence-corrected chi connectivity index (χ2v) is 1.97. The standard InChI is InChI=1S/C5H11N3O2/c1-4(9)3-7-5(10)8(2)6/h3,6H2,1-2H3,(H,7,10). The zero-order valence-corrected chi connectivity index (χ0v) is 6.05. The van der Waals surface area contributed by atoms with E-state index in [1.54, 1.807) is 0 Å². The Balaban J connectivity index is 3.50. The first kappa shape index (κ1) is 8.90. The first-order valence-electron chi connectivity index (χ1n) is 2.79. The molecule has 0 aliphatic rings. The number of hydrazine groups is 1. The van der Waals surface area contributed by atoms with Gasteiger partial charge < -0.3 is 5.32 Å². The van der Waals surface area contributed by atoms with Gasteiger partial charge in [0, 0.05) is 7.05 Å². The van der Waals surface area contributed by atoms with Crippen molar-refractivity contribution in [2.75, 3.05) is 13.6 Å². The van der Waals surface area contributed by atoms with Gasteiger partial charge in [0.15, 0.2) is 0 Å². The van der Waals surface area contributed by atoms with Gasteiger partial charge in [0.05, 0.1) is 6.54 Å². The van der Waals surface area contributed by atoms with Crippen LogP contribution >= 0.6 is 0 Å². The van der Waals surface area contributed by atoms with E-state index in [-0.39, 0.29) is 12.3 Å². The number of ketones is 1. The van der Waals surface area contributed by atoms with Crippen molar-refractivity contribution in [3.63, 3.8) is 0 Å². The Hall–Kier alpha value is -1.10. The number of rotatable bonds is 2. The molecule has 0 fully saturated rings. The minimum Gasteiger partial charge on any atom is -0.330 e. The van der Waals surface area contributed by atoms with Gasteiger partial charge in [0.1, 0.15) is 5.78 Å². The van der Waals surface area contributed by atoms with Crippen molar-refractivity contribution in [3.8, 4) is 0 Å². The molecule has 0 heterocycles. The number of hydrogen-bond acceptors (Lipinski definition) is 3. The number of Topliss-reactive ketones (excluding diaryl/α,β-unsaturated/α-hetero) is 1. The van der Waals surface area contributed by atoms with Gasteiger partial charge in [-0.15, -0.1) is 0 Å². The van der Waals surface area contributed by atoms with E-state index in [9.17, 15) is 9.59 Å². The molecule has 0 rings (SSSR count). The molecule has 0 saturated carbocycles. The van der Waals surface area contributed by atoms with Crippen LogP contribution in [-0.4, -0.2) is 30.4 Å². The number of carbonyl (C=O) groups is 2. The Bertz CT molecular complexity index is 144. The minimum atomic E-state index is -0.463. The van der Waals surface area contributed by atoms with Gasteiger partial charge >= 0.3 is 6.03 Å². The molecule has 0 aromatic rings. The number of amides is 2. The van der Waals surface area contributed by atoms with Crippen LogP contribution in [0.5, 0.6) is 0 Å². The maximum absolute atomic E-state index is 10.6. The third-order valence-electron chi connectivity index (χ3n) is 0.809. The summed E-state index contributed by atoms with van der Waals surface area (Å²) in [7, 11) is 1.40. The number of nitrogens with zero attached hydrogens (tertiary/aromatic N) is 1. The van der Waals surface area contributed by atoms with Crippen LogP contribution in [-0.2, 0) is 4.79 Å². The average Bonchev–Trinajstić information content (AvgIpc) is 1.82. The van der Waals surface area contributed by atoms with E-state index in [0.29, 0.717) is 0 Å². The molecule has 0 aromatic heterocycles. The van der Waals surface area contributed by atoms with Gasteiger partial charge in [-0.1, -0.05) is 0 Å². The highest BCUT2D eigenvalue weighted by molar-refractivity contribution is 5.83. The summed E-state index contributed by atoms with van der Waals surface area (Å²) in [5.74, 6) is 4.93. The Morgan fingerprint density at radius 1 is 1.60 bits per heavy atom. The number of nitrogens with two attached hydrogens (primary N) is 1. The number of nitrogens with one attached hydrogen (secondary N) is 1. The SMILES string of the molecule is CC(=O)CNC(=O)N(C)N. The molecule has 0 saturated heterocycles. The summed E-state index contributed by atoms with van der Waals surface area (Å²) in [5, 5.41) is 3.17. The zero-order chi connectivity index (χ0) is 8.15. The lowest BCUT2D eigenvalue weighted by molar-refractivity contribution is -0.116. The second kappa shape index (κ2) is 3.84. The van der Waals surface area contributed by atoms with Gasteiger partial charge in [-0.25, -0.2) is 10.6 Å². The fourth-order valence-electron chi connectivity index (χ4n) is 0.325. The second-order valence-electron chi connectivity index (χ2n) is 1.97. The fraction of sp³-hybridized carbons (Fsp3) is 0.600. The third kappa shape index (κ3) is 3.85. The van der Waals surface area contributed by atoms with E-state index < -0.39 is 6.03 Å². The predicted octanol–water partition coefficient (Wildman–Crippen LogP) is -0.909. The Morgan fingerprint density at radius 2 is 2.10 bits per heavy atom. The Morgan fingerprint density at radius 3 is 2.40 bits per heavy atom. The normalized spacial score (nSPS) is 8.70. The maximum atomic E-state index is 10.6. The van der Waals surface area contributed by atoms with Crippen molar-refractivity contribution in [2.24, 2.45) is 5.84 Å². The van der Waals surface area contributed by atoms with Crippen LogP contribution in [0.1, 0.15) is 6.92 Å². The Labute approximate surface area is 59.1 Å². The molecule has 5 heteroatoms. The lowest BCUT2D eigenvalue weighted by Gasteiger charge is -2.09. The molecule has 10 heavy (non-hydrogen) atoms. The summed E-state index contributed by atoms with van der Waals surface area (Å²) < 4.78 is 0. The molecule has 5 nitrogen and oxygen atoms in total. The maximum Gasteiger partial charge on any atom is 0.331 e. The molecule has 0 aromatic carbocycles. The van der Waals surface area contributed by atoms with Crippen LogP contribution in [0, 0.1) is 0 Å². The van der Waals surface area contributed by atoms with Crippen molar-refractivity contribution in [1.82, 2.24) is 10.3 Å². The van der Waals surface area contributed by atoms with Crippen LogP contribution in [0.2, 0.25) is 0 Å². The van der Waals surface area contributed by atoms with E-state index in [0.717, 1.165) is 5.01 Å². The number of carbonyl (C=O) groups excluding carboxylic acids is 2. The van der Waals surface area contributed by atoms with Crippen molar-refractivity contribution in [3.05, 3.63) is 0 Å². The van der Waals surface area contributed by atoms with E-state index in [2.05, 4.69) is 5.32 Å². The van der Waals surface area contributed by atoms with Gasteiger partial charge in [0.25, 0.3) is 0 Å². The first-order valence-corrected chi connectivity index (χ1v) is 2.79. The van der Waals surface area contributed by atoms with Crippen molar-refractivity contribution < 1.29 is 9.59 Å². The van der Waals surface area contributed by atoms with Crippen molar-refractivity contribution in [2.45, 2.75) is 6.92 Å². The fourth-order valence-corrected chi connectivity index (χ4v) is 0.325. The largest absolute Gasteiger partial charge is 0.331 e. The van der Waals surface area contributed by atoms with Gasteiger partial charge in [0.2, 0.25) is 0 Å². The molecule has 0 aliphatic carbocycles. The summed E-state index contributed by atoms with van der Waals surface area (Å²) in [4.78, 5) is 20.9. The summed E-state index contributed by atoms with van der Waals surface area (Å²) in [6.45, 7) is 1.41. The predicted molar refractivity (Wildman–Crippen MR) is 36.0 cm³/mol.